The summed E-state index contributed by atoms with van der Waals surface area (Å²) in [6, 6.07) is -0.294. The van der Waals surface area contributed by atoms with E-state index in [0.29, 0.717) is 5.92 Å². The first-order valence-corrected chi connectivity index (χ1v) is 5.49. The van der Waals surface area contributed by atoms with Crippen molar-refractivity contribution in [2.75, 3.05) is 13.1 Å². The minimum absolute atomic E-state index is 0.192. The Morgan fingerprint density at radius 3 is 2.57 bits per heavy atom. The van der Waals surface area contributed by atoms with Crippen molar-refractivity contribution in [1.29, 1.82) is 0 Å². The average Bonchev–Trinajstić information content (AvgIpc) is 2.02. The lowest BCUT2D eigenvalue weighted by Gasteiger charge is -2.36. The van der Waals surface area contributed by atoms with Crippen molar-refractivity contribution in [3.05, 3.63) is 0 Å². The lowest BCUT2D eigenvalue weighted by Crippen LogP contribution is -2.48. The Morgan fingerprint density at radius 1 is 1.50 bits per heavy atom. The number of hydrogen-bond donors (Lipinski definition) is 1. The molecule has 2 atom stereocenters. The third kappa shape index (κ3) is 2.71. The number of aliphatic carboxylic acids is 1. The molecule has 0 bridgehead atoms. The van der Waals surface area contributed by atoms with Gasteiger partial charge in [0.2, 0.25) is 0 Å². The van der Waals surface area contributed by atoms with Crippen molar-refractivity contribution in [2.24, 2.45) is 11.8 Å². The van der Waals surface area contributed by atoms with Gasteiger partial charge in [0.25, 0.3) is 0 Å². The SMILES string of the molecule is CC(C)[C@H](C(=O)O)N1CCC[C@H](C)C1. The molecule has 0 amide bonds. The summed E-state index contributed by atoms with van der Waals surface area (Å²) in [5, 5.41) is 9.14. The first-order chi connectivity index (χ1) is 6.52. The summed E-state index contributed by atoms with van der Waals surface area (Å²) in [6.07, 6.45) is 2.37. The molecule has 1 heterocycles. The normalized spacial score (nSPS) is 26.4. The third-order valence-electron chi connectivity index (χ3n) is 2.97. The van der Waals surface area contributed by atoms with E-state index in [9.17, 15) is 4.79 Å². The van der Waals surface area contributed by atoms with Crippen LogP contribution in [0, 0.1) is 11.8 Å². The van der Waals surface area contributed by atoms with Gasteiger partial charge in [-0.2, -0.15) is 0 Å². The highest BCUT2D eigenvalue weighted by Crippen LogP contribution is 2.21. The van der Waals surface area contributed by atoms with E-state index in [1.165, 1.54) is 6.42 Å². The zero-order valence-electron chi connectivity index (χ0n) is 9.36. The third-order valence-corrected chi connectivity index (χ3v) is 2.97. The number of carbonyl (C=O) groups is 1. The zero-order valence-corrected chi connectivity index (χ0v) is 9.36. The molecule has 1 aliphatic heterocycles. The molecule has 0 unspecified atom stereocenters. The van der Waals surface area contributed by atoms with Gasteiger partial charge in [0.15, 0.2) is 0 Å². The van der Waals surface area contributed by atoms with E-state index in [1.807, 2.05) is 13.8 Å². The smallest absolute Gasteiger partial charge is 0.321 e. The number of rotatable bonds is 3. The monoisotopic (exact) mass is 199 g/mol. The maximum atomic E-state index is 11.1. The van der Waals surface area contributed by atoms with Gasteiger partial charge in [-0.3, -0.25) is 9.69 Å². The fourth-order valence-electron chi connectivity index (χ4n) is 2.34. The van der Waals surface area contributed by atoms with Gasteiger partial charge >= 0.3 is 5.97 Å². The van der Waals surface area contributed by atoms with Crippen LogP contribution in [0.25, 0.3) is 0 Å². The summed E-state index contributed by atoms with van der Waals surface area (Å²) in [5.41, 5.74) is 0. The largest absolute Gasteiger partial charge is 0.480 e. The van der Waals surface area contributed by atoms with Gasteiger partial charge in [0.05, 0.1) is 0 Å². The average molecular weight is 199 g/mol. The van der Waals surface area contributed by atoms with Crippen LogP contribution in [-0.2, 0) is 4.79 Å². The molecule has 3 heteroatoms. The number of hydrogen-bond acceptors (Lipinski definition) is 2. The predicted molar refractivity (Wildman–Crippen MR) is 56.2 cm³/mol. The molecule has 1 rings (SSSR count). The number of carboxylic acid groups (broad SMARTS) is 1. The molecule has 0 aromatic rings. The fourth-order valence-corrected chi connectivity index (χ4v) is 2.34. The summed E-state index contributed by atoms with van der Waals surface area (Å²) in [4.78, 5) is 13.2. The maximum absolute atomic E-state index is 11.1. The second-order valence-corrected chi connectivity index (χ2v) is 4.77. The summed E-state index contributed by atoms with van der Waals surface area (Å²) in [7, 11) is 0. The van der Waals surface area contributed by atoms with Crippen molar-refractivity contribution in [3.63, 3.8) is 0 Å². The van der Waals surface area contributed by atoms with E-state index in [-0.39, 0.29) is 12.0 Å². The van der Waals surface area contributed by atoms with E-state index in [0.717, 1.165) is 19.5 Å². The first-order valence-electron chi connectivity index (χ1n) is 5.49. The molecule has 1 saturated heterocycles. The van der Waals surface area contributed by atoms with Crippen molar-refractivity contribution >= 4 is 5.97 Å². The van der Waals surface area contributed by atoms with Crippen molar-refractivity contribution in [3.8, 4) is 0 Å². The van der Waals surface area contributed by atoms with Crippen LogP contribution >= 0.6 is 0 Å². The van der Waals surface area contributed by atoms with Gasteiger partial charge in [-0.1, -0.05) is 20.8 Å². The van der Waals surface area contributed by atoms with E-state index < -0.39 is 5.97 Å². The molecule has 0 saturated carbocycles. The fraction of sp³-hybridized carbons (Fsp3) is 0.909. The Bertz CT molecular complexity index is 203. The standard InChI is InChI=1S/C11H21NO2/c1-8(2)10(11(13)14)12-6-4-5-9(3)7-12/h8-10H,4-7H2,1-3H3,(H,13,14)/t9-,10+/m0/s1. The predicted octanol–water partition coefficient (Wildman–Crippen LogP) is 1.83. The summed E-state index contributed by atoms with van der Waals surface area (Å²) in [5.74, 6) is 0.163. The van der Waals surface area contributed by atoms with Crippen LogP contribution in [0.4, 0.5) is 0 Å². The topological polar surface area (TPSA) is 40.5 Å². The molecular weight excluding hydrogens is 178 g/mol. The summed E-state index contributed by atoms with van der Waals surface area (Å²) < 4.78 is 0. The van der Waals surface area contributed by atoms with E-state index in [1.54, 1.807) is 0 Å². The Labute approximate surface area is 86.1 Å². The molecule has 14 heavy (non-hydrogen) atoms. The highest BCUT2D eigenvalue weighted by molar-refractivity contribution is 5.73. The minimum atomic E-state index is -0.672. The molecule has 3 nitrogen and oxygen atoms in total. The van der Waals surface area contributed by atoms with Crippen LogP contribution in [0.1, 0.15) is 33.6 Å². The van der Waals surface area contributed by atoms with E-state index in [2.05, 4.69) is 11.8 Å². The van der Waals surface area contributed by atoms with E-state index in [4.69, 9.17) is 5.11 Å². The molecule has 82 valence electrons. The van der Waals surface area contributed by atoms with Crippen LogP contribution in [-0.4, -0.2) is 35.1 Å². The number of likely N-dealkylation sites (tertiary alicyclic amines) is 1. The lowest BCUT2D eigenvalue weighted by molar-refractivity contribution is -0.145. The van der Waals surface area contributed by atoms with Crippen LogP contribution in [0.2, 0.25) is 0 Å². The van der Waals surface area contributed by atoms with Gasteiger partial charge in [-0.25, -0.2) is 0 Å². The number of carboxylic acids is 1. The molecule has 1 fully saturated rings. The number of nitrogens with zero attached hydrogens (tertiary/aromatic N) is 1. The summed E-state index contributed by atoms with van der Waals surface area (Å²) in [6.45, 7) is 8.05. The van der Waals surface area contributed by atoms with Gasteiger partial charge < -0.3 is 5.11 Å². The van der Waals surface area contributed by atoms with Crippen molar-refractivity contribution < 1.29 is 9.90 Å². The highest BCUT2D eigenvalue weighted by atomic mass is 16.4. The quantitative estimate of drug-likeness (QED) is 0.754. The van der Waals surface area contributed by atoms with Gasteiger partial charge in [0.1, 0.15) is 6.04 Å². The molecular formula is C11H21NO2. The molecule has 0 aromatic heterocycles. The molecule has 0 spiro atoms. The van der Waals surface area contributed by atoms with Crippen molar-refractivity contribution in [2.45, 2.75) is 39.7 Å². The van der Waals surface area contributed by atoms with Crippen LogP contribution < -0.4 is 0 Å². The maximum Gasteiger partial charge on any atom is 0.321 e. The minimum Gasteiger partial charge on any atom is -0.480 e. The van der Waals surface area contributed by atoms with Gasteiger partial charge in [-0.05, 0) is 31.2 Å². The van der Waals surface area contributed by atoms with Crippen LogP contribution in [0.3, 0.4) is 0 Å². The molecule has 1 N–H and O–H groups in total. The first kappa shape index (κ1) is 11.5. The molecule has 1 aliphatic rings. The number of piperidine rings is 1. The zero-order chi connectivity index (χ0) is 10.7. The second kappa shape index (κ2) is 4.78. The van der Waals surface area contributed by atoms with Gasteiger partial charge in [-0.15, -0.1) is 0 Å². The molecule has 0 aliphatic carbocycles. The summed E-state index contributed by atoms with van der Waals surface area (Å²) >= 11 is 0. The highest BCUT2D eigenvalue weighted by Gasteiger charge is 2.31. The Morgan fingerprint density at radius 2 is 2.14 bits per heavy atom. The van der Waals surface area contributed by atoms with Gasteiger partial charge in [0, 0.05) is 6.54 Å². The van der Waals surface area contributed by atoms with Crippen LogP contribution in [0.5, 0.6) is 0 Å². The lowest BCUT2D eigenvalue weighted by atomic mass is 9.95. The van der Waals surface area contributed by atoms with Crippen LogP contribution in [0.15, 0.2) is 0 Å². The molecule has 0 aromatic carbocycles. The van der Waals surface area contributed by atoms with E-state index >= 15 is 0 Å². The Balaban J connectivity index is 2.63. The van der Waals surface area contributed by atoms with Crippen molar-refractivity contribution in [1.82, 2.24) is 4.90 Å². The Hall–Kier alpha value is -0.570. The molecule has 0 radical (unpaired) electrons. The second-order valence-electron chi connectivity index (χ2n) is 4.77. The Kier molecular flexibility index (Phi) is 3.93.